The van der Waals surface area contributed by atoms with Crippen molar-refractivity contribution >= 4 is 150 Å². The molecule has 7 aromatic rings. The summed E-state index contributed by atoms with van der Waals surface area (Å²) in [6.45, 7) is 26.1. The van der Waals surface area contributed by atoms with Crippen molar-refractivity contribution in [3.05, 3.63) is 213 Å². The molecule has 4 nitrogen and oxygen atoms in total. The molecule has 3 aromatic heterocycles. The molecule has 0 saturated heterocycles. The van der Waals surface area contributed by atoms with Crippen molar-refractivity contribution in [3.63, 3.8) is 0 Å². The Bertz CT molecular complexity index is 3540. The first-order valence-electron chi connectivity index (χ1n) is 22.1. The molecule has 1 atom stereocenters. The maximum Gasteiger partial charge on any atom is 2.00 e. The molecular formula is C56H46Br8FeN4. The molecule has 1 N–H and O–H groups in total. The van der Waals surface area contributed by atoms with Crippen molar-refractivity contribution in [1.29, 1.82) is 0 Å². The topological polar surface area (TPSA) is 56.4 Å². The summed E-state index contributed by atoms with van der Waals surface area (Å²) in [4.78, 5) is 21.5. The maximum atomic E-state index is 5.84. The van der Waals surface area contributed by atoms with E-state index in [1.165, 1.54) is 22.3 Å². The van der Waals surface area contributed by atoms with Gasteiger partial charge in [0.1, 0.15) is 0 Å². The molecule has 0 saturated carbocycles. The van der Waals surface area contributed by atoms with E-state index in [0.29, 0.717) is 0 Å². The zero-order valence-electron chi connectivity index (χ0n) is 39.9. The van der Waals surface area contributed by atoms with Gasteiger partial charge in [-0.2, -0.15) is 0 Å². The molecule has 9 rings (SSSR count). The molecular weight excluding hydrogens is 1420 g/mol. The molecule has 0 radical (unpaired) electrons. The minimum atomic E-state index is -0.412. The number of aromatic amines is 1. The Morgan fingerprint density at radius 3 is 1.14 bits per heavy atom. The second-order valence-electron chi connectivity index (χ2n) is 18.6. The minimum Gasteiger partial charge on any atom is -0.658 e. The first-order chi connectivity index (χ1) is 32.0. The number of hydrogen-bond acceptors (Lipinski definition) is 1. The fraction of sp³-hybridized carbons (Fsp3) is 0.232. The van der Waals surface area contributed by atoms with Crippen LogP contribution in [-0.2, 0) is 17.1 Å². The first-order valence-corrected chi connectivity index (χ1v) is 28.4. The number of aromatic nitrogens is 3. The van der Waals surface area contributed by atoms with Crippen molar-refractivity contribution in [2.45, 2.75) is 89.0 Å². The second-order valence-corrected chi connectivity index (χ2v) is 24.9. The Hall–Kier alpha value is -2.03. The van der Waals surface area contributed by atoms with Gasteiger partial charge < -0.3 is 15.0 Å². The Labute approximate surface area is 482 Å². The van der Waals surface area contributed by atoms with Crippen LogP contribution in [0.15, 0.2) is 95.0 Å². The molecule has 69 heavy (non-hydrogen) atoms. The van der Waals surface area contributed by atoms with Crippen LogP contribution in [0.25, 0.3) is 16.7 Å². The van der Waals surface area contributed by atoms with E-state index in [2.05, 4.69) is 264 Å². The number of rotatable bonds is 4. The van der Waals surface area contributed by atoms with E-state index in [1.807, 2.05) is 0 Å². The summed E-state index contributed by atoms with van der Waals surface area (Å²) in [7, 11) is 0. The fourth-order valence-corrected chi connectivity index (χ4v) is 14.9. The van der Waals surface area contributed by atoms with Gasteiger partial charge >= 0.3 is 17.1 Å². The predicted molar refractivity (Wildman–Crippen MR) is 312 cm³/mol. The quantitative estimate of drug-likeness (QED) is 0.179. The maximum absolute atomic E-state index is 5.84. The van der Waals surface area contributed by atoms with E-state index in [1.54, 1.807) is 0 Å². The van der Waals surface area contributed by atoms with Gasteiger partial charge in [-0.1, -0.05) is 135 Å². The van der Waals surface area contributed by atoms with Crippen LogP contribution in [-0.4, -0.2) is 10.7 Å². The Kier molecular flexibility index (Phi) is 15.4. The fourth-order valence-electron chi connectivity index (χ4n) is 11.0. The zero-order valence-corrected chi connectivity index (χ0v) is 53.7. The number of aliphatic imine (C=N–C) groups is 1. The van der Waals surface area contributed by atoms with Crippen LogP contribution in [0.1, 0.15) is 118 Å². The van der Waals surface area contributed by atoms with Crippen LogP contribution >= 0.6 is 127 Å². The number of nitrogens with one attached hydrogen (secondary N) is 1. The molecule has 354 valence electrons. The number of halogens is 8. The summed E-state index contributed by atoms with van der Waals surface area (Å²) in [5.74, 6) is -0.412. The smallest absolute Gasteiger partial charge is 0.658 e. The monoisotopic (exact) mass is 1460 g/mol. The van der Waals surface area contributed by atoms with Gasteiger partial charge in [0.05, 0.1) is 40.0 Å². The Morgan fingerprint density at radius 1 is 0.406 bits per heavy atom. The van der Waals surface area contributed by atoms with Crippen LogP contribution in [0.5, 0.6) is 0 Å². The molecule has 8 bridgehead atoms. The third kappa shape index (κ3) is 8.92. The van der Waals surface area contributed by atoms with Crippen LogP contribution in [0.3, 0.4) is 0 Å². The predicted octanol–water partition coefficient (Wildman–Crippen LogP) is 17.1. The molecule has 0 fully saturated rings. The van der Waals surface area contributed by atoms with E-state index in [0.717, 1.165) is 164 Å². The standard InChI is InChI=1S/C56H46Br8N4.Fe/c1-21-13-25(5)33(26(6)14-21)37-49-41(57)43(59)51(65-49)38(34-27(7)15-22(2)16-28(34)8)53-45(61)47(63)55(67-53)40(36-31(11)19-24(4)20-32(36)12)56-48(64)46(62)54(68-56)39(52-44(60)42(58)50(37)66-52)35-29(9)17-23(3)18-30(35)10;/h13-20,37,67H,1-12H3;/q-2;+2. The molecule has 2 aliphatic heterocycles. The molecule has 1 unspecified atom stereocenters. The van der Waals surface area contributed by atoms with Crippen molar-refractivity contribution in [3.8, 4) is 0 Å². The van der Waals surface area contributed by atoms with E-state index in [-0.39, 0.29) is 17.1 Å². The van der Waals surface area contributed by atoms with Gasteiger partial charge in [0, 0.05) is 23.5 Å². The molecule has 0 spiro atoms. The molecule has 2 aliphatic rings. The number of aryl methyl sites for hydroxylation is 12. The van der Waals surface area contributed by atoms with E-state index < -0.39 is 5.92 Å². The van der Waals surface area contributed by atoms with Crippen LogP contribution in [0, 0.1) is 83.1 Å². The second kappa shape index (κ2) is 20.0. The number of allylic oxidation sites excluding steroid dienone is 2. The number of fused-ring (bicyclic) bond motifs is 7. The van der Waals surface area contributed by atoms with Gasteiger partial charge in [-0.25, -0.2) is 4.99 Å². The summed E-state index contributed by atoms with van der Waals surface area (Å²) >= 11 is 33.4. The van der Waals surface area contributed by atoms with Crippen molar-refractivity contribution in [1.82, 2.24) is 15.0 Å². The van der Waals surface area contributed by atoms with E-state index in [9.17, 15) is 0 Å². The van der Waals surface area contributed by atoms with Crippen molar-refractivity contribution < 1.29 is 17.1 Å². The summed E-state index contributed by atoms with van der Waals surface area (Å²) in [5.41, 5.74) is 25.9. The van der Waals surface area contributed by atoms with Gasteiger partial charge in [0.2, 0.25) is 0 Å². The third-order valence-corrected chi connectivity index (χ3v) is 21.6. The summed E-state index contributed by atoms with van der Waals surface area (Å²) < 4.78 is 6.79. The van der Waals surface area contributed by atoms with Crippen molar-refractivity contribution in [2.75, 3.05) is 0 Å². The largest absolute Gasteiger partial charge is 2.00 e. The molecule has 0 amide bonds. The number of H-pyrrole nitrogens is 1. The van der Waals surface area contributed by atoms with Crippen LogP contribution in [0.2, 0.25) is 0 Å². The van der Waals surface area contributed by atoms with Crippen LogP contribution < -0.4 is 20.7 Å². The SMILES string of the molecule is Cc1cc(C)c(C2=C3N=C(C(Br)=C3Br)C(c3c(C)cc(C)cc3C)=c3[nH]c(c(Br)c3Br)=C(c3c(C)cc(C)cc3C)c3[n-]c(c(Br)c3Br)C(c3c(C)cc(C)cc3C)c3[n-]c2c(Br)c3Br)c(C)c1.[Fe+2]. The van der Waals surface area contributed by atoms with Crippen molar-refractivity contribution in [2.24, 2.45) is 4.99 Å². The zero-order chi connectivity index (χ0) is 49.3. The van der Waals surface area contributed by atoms with Crippen LogP contribution in [0.4, 0.5) is 0 Å². The third-order valence-electron chi connectivity index (χ3n) is 13.2. The van der Waals surface area contributed by atoms with Gasteiger partial charge in [-0.15, -0.1) is 22.8 Å². The average molecular weight is 1470 g/mol. The number of hydrogen-bond donors (Lipinski definition) is 1. The molecule has 0 aliphatic carbocycles. The normalized spacial score (nSPS) is 14.9. The van der Waals surface area contributed by atoms with Gasteiger partial charge in [0.15, 0.2) is 0 Å². The molecule has 4 aromatic carbocycles. The summed E-state index contributed by atoms with van der Waals surface area (Å²) in [6.07, 6.45) is 0. The molecule has 13 heteroatoms. The summed E-state index contributed by atoms with van der Waals surface area (Å²) in [5, 5.41) is 1.75. The Morgan fingerprint density at radius 2 is 0.739 bits per heavy atom. The average Bonchev–Trinajstić information content (AvgIpc) is 3.90. The van der Waals surface area contributed by atoms with Gasteiger partial charge in [-0.3, -0.25) is 0 Å². The minimum absolute atomic E-state index is 0. The first kappa shape index (κ1) is 53.3. The summed E-state index contributed by atoms with van der Waals surface area (Å²) in [6, 6.07) is 18.0. The number of nitrogens with zero attached hydrogens (tertiary/aromatic N) is 3. The number of benzene rings is 4. The Balaban J connectivity index is 0.00000642. The molecule has 5 heterocycles. The van der Waals surface area contributed by atoms with E-state index in [4.69, 9.17) is 15.0 Å². The van der Waals surface area contributed by atoms with E-state index >= 15 is 0 Å². The van der Waals surface area contributed by atoms with Gasteiger partial charge in [0.25, 0.3) is 0 Å². The van der Waals surface area contributed by atoms with Gasteiger partial charge in [-0.05, 0) is 231 Å².